The summed E-state index contributed by atoms with van der Waals surface area (Å²) >= 11 is 1.84. The summed E-state index contributed by atoms with van der Waals surface area (Å²) in [6, 6.07) is 6.35. The fraction of sp³-hybridized carbons (Fsp3) is 0.529. The van der Waals surface area contributed by atoms with Gasteiger partial charge in [0.2, 0.25) is 0 Å². The molecule has 5 heteroatoms. The van der Waals surface area contributed by atoms with Crippen LogP contribution in [0, 0.1) is 12.8 Å². The van der Waals surface area contributed by atoms with Crippen LogP contribution in [0.4, 0.5) is 0 Å². The Labute approximate surface area is 135 Å². The first kappa shape index (κ1) is 14.3. The van der Waals surface area contributed by atoms with Crippen LogP contribution >= 0.6 is 11.3 Å². The van der Waals surface area contributed by atoms with E-state index in [-0.39, 0.29) is 6.10 Å². The maximum absolute atomic E-state index is 6.33. The molecule has 0 amide bonds. The quantitative estimate of drug-likeness (QED) is 0.872. The number of hydrogen-bond acceptors (Lipinski definition) is 5. The predicted octanol–water partition coefficient (Wildman–Crippen LogP) is 3.20. The summed E-state index contributed by atoms with van der Waals surface area (Å²) in [4.78, 5) is 12.7. The van der Waals surface area contributed by atoms with E-state index in [1.807, 2.05) is 30.5 Å². The van der Waals surface area contributed by atoms with Crippen molar-refractivity contribution in [2.45, 2.75) is 38.5 Å². The van der Waals surface area contributed by atoms with Crippen LogP contribution in [-0.2, 0) is 11.3 Å². The summed E-state index contributed by atoms with van der Waals surface area (Å²) in [5.41, 5.74) is 1.05. The van der Waals surface area contributed by atoms with Crippen molar-refractivity contribution in [2.75, 3.05) is 13.1 Å². The number of aromatic nitrogens is 2. The van der Waals surface area contributed by atoms with Crippen LogP contribution in [0.5, 0.6) is 0 Å². The Kier molecular flexibility index (Phi) is 3.94. The van der Waals surface area contributed by atoms with Gasteiger partial charge < -0.3 is 4.74 Å². The van der Waals surface area contributed by atoms with Crippen molar-refractivity contribution in [1.29, 1.82) is 0 Å². The highest BCUT2D eigenvalue weighted by Crippen LogP contribution is 2.40. The van der Waals surface area contributed by atoms with E-state index in [1.165, 1.54) is 17.8 Å². The van der Waals surface area contributed by atoms with Crippen LogP contribution in [-0.4, -0.2) is 34.1 Å². The summed E-state index contributed by atoms with van der Waals surface area (Å²) in [5.74, 6) is 1.51. The van der Waals surface area contributed by atoms with E-state index < -0.39 is 0 Å². The molecule has 0 saturated carbocycles. The van der Waals surface area contributed by atoms with Gasteiger partial charge in [-0.15, -0.1) is 11.3 Å². The van der Waals surface area contributed by atoms with Gasteiger partial charge in [0.15, 0.2) is 0 Å². The van der Waals surface area contributed by atoms with E-state index in [0.717, 1.165) is 31.0 Å². The number of nitrogens with zero attached hydrogens (tertiary/aromatic N) is 3. The average Bonchev–Trinajstić information content (AvgIpc) is 3.16. The van der Waals surface area contributed by atoms with Crippen LogP contribution in [0.2, 0.25) is 0 Å². The van der Waals surface area contributed by atoms with E-state index in [2.05, 4.69) is 32.4 Å². The molecule has 2 saturated heterocycles. The zero-order valence-electron chi connectivity index (χ0n) is 12.8. The van der Waals surface area contributed by atoms with Crippen LogP contribution in [0.3, 0.4) is 0 Å². The second-order valence-electron chi connectivity index (χ2n) is 6.29. The topological polar surface area (TPSA) is 38.2 Å². The number of fused-ring (bicyclic) bond motifs is 1. The molecule has 2 aliphatic heterocycles. The molecule has 0 radical (unpaired) electrons. The van der Waals surface area contributed by atoms with Crippen molar-refractivity contribution < 1.29 is 4.74 Å². The number of piperidine rings is 1. The zero-order valence-corrected chi connectivity index (χ0v) is 13.6. The minimum absolute atomic E-state index is 0.151. The SMILES string of the molecule is Cc1nccc([C@@H]2C[C@H]3CCN(Cc4cccs4)C[C@@H]3O2)n1. The molecule has 0 aromatic carbocycles. The summed E-state index contributed by atoms with van der Waals surface area (Å²) in [6.45, 7) is 5.22. The Balaban J connectivity index is 1.41. The third kappa shape index (κ3) is 2.93. The van der Waals surface area contributed by atoms with Crippen molar-refractivity contribution in [2.24, 2.45) is 5.92 Å². The molecule has 2 aliphatic rings. The molecule has 2 aromatic heterocycles. The number of thiophene rings is 1. The number of rotatable bonds is 3. The molecule has 116 valence electrons. The fourth-order valence-corrected chi connectivity index (χ4v) is 4.35. The highest BCUT2D eigenvalue weighted by molar-refractivity contribution is 7.09. The van der Waals surface area contributed by atoms with Crippen LogP contribution in [0.1, 0.15) is 35.3 Å². The summed E-state index contributed by atoms with van der Waals surface area (Å²) < 4.78 is 6.33. The maximum atomic E-state index is 6.33. The third-order valence-electron chi connectivity index (χ3n) is 4.72. The van der Waals surface area contributed by atoms with E-state index in [1.54, 1.807) is 0 Å². The minimum Gasteiger partial charge on any atom is -0.367 e. The summed E-state index contributed by atoms with van der Waals surface area (Å²) in [7, 11) is 0. The second-order valence-corrected chi connectivity index (χ2v) is 7.32. The Morgan fingerprint density at radius 3 is 3.18 bits per heavy atom. The molecule has 4 nitrogen and oxygen atoms in total. The van der Waals surface area contributed by atoms with Crippen LogP contribution in [0.15, 0.2) is 29.8 Å². The number of likely N-dealkylation sites (tertiary alicyclic amines) is 1. The van der Waals surface area contributed by atoms with Gasteiger partial charge >= 0.3 is 0 Å². The van der Waals surface area contributed by atoms with E-state index in [9.17, 15) is 0 Å². The van der Waals surface area contributed by atoms with Gasteiger partial charge in [-0.25, -0.2) is 9.97 Å². The first-order valence-corrected chi connectivity index (χ1v) is 8.85. The Morgan fingerprint density at radius 1 is 1.41 bits per heavy atom. The lowest BCUT2D eigenvalue weighted by molar-refractivity contribution is -0.0105. The van der Waals surface area contributed by atoms with Gasteiger partial charge in [0.1, 0.15) is 11.9 Å². The first-order valence-electron chi connectivity index (χ1n) is 7.97. The lowest BCUT2D eigenvalue weighted by atomic mass is 9.91. The molecule has 22 heavy (non-hydrogen) atoms. The maximum Gasteiger partial charge on any atom is 0.125 e. The van der Waals surface area contributed by atoms with Gasteiger partial charge in [-0.3, -0.25) is 4.90 Å². The Morgan fingerprint density at radius 2 is 2.36 bits per heavy atom. The van der Waals surface area contributed by atoms with Gasteiger partial charge in [0.25, 0.3) is 0 Å². The minimum atomic E-state index is 0.151. The van der Waals surface area contributed by atoms with Crippen molar-refractivity contribution in [3.63, 3.8) is 0 Å². The lowest BCUT2D eigenvalue weighted by Gasteiger charge is -2.33. The molecular formula is C17H21N3OS. The van der Waals surface area contributed by atoms with E-state index in [4.69, 9.17) is 4.74 Å². The summed E-state index contributed by atoms with van der Waals surface area (Å²) in [5, 5.41) is 2.15. The first-order chi connectivity index (χ1) is 10.8. The average molecular weight is 315 g/mol. The fourth-order valence-electron chi connectivity index (χ4n) is 3.61. The monoisotopic (exact) mass is 315 g/mol. The van der Waals surface area contributed by atoms with Gasteiger partial charge in [0, 0.05) is 24.2 Å². The molecule has 2 fully saturated rings. The highest BCUT2D eigenvalue weighted by Gasteiger charge is 2.40. The lowest BCUT2D eigenvalue weighted by Crippen LogP contribution is -2.41. The number of hydrogen-bond donors (Lipinski definition) is 0. The molecule has 3 atom stereocenters. The molecule has 0 spiro atoms. The van der Waals surface area contributed by atoms with Gasteiger partial charge in [-0.1, -0.05) is 6.07 Å². The Bertz CT molecular complexity index is 631. The number of ether oxygens (including phenoxy) is 1. The molecule has 4 heterocycles. The molecule has 0 aliphatic carbocycles. The van der Waals surface area contributed by atoms with Crippen molar-refractivity contribution in [1.82, 2.24) is 14.9 Å². The largest absolute Gasteiger partial charge is 0.367 e. The van der Waals surface area contributed by atoms with Gasteiger partial charge in [-0.05, 0) is 49.7 Å². The summed E-state index contributed by atoms with van der Waals surface area (Å²) in [6.07, 6.45) is 4.68. The zero-order chi connectivity index (χ0) is 14.9. The van der Waals surface area contributed by atoms with E-state index >= 15 is 0 Å². The van der Waals surface area contributed by atoms with Crippen LogP contribution < -0.4 is 0 Å². The van der Waals surface area contributed by atoms with Crippen molar-refractivity contribution in [3.8, 4) is 0 Å². The molecule has 0 N–H and O–H groups in total. The molecular weight excluding hydrogens is 294 g/mol. The van der Waals surface area contributed by atoms with Gasteiger partial charge in [-0.2, -0.15) is 0 Å². The highest BCUT2D eigenvalue weighted by atomic mass is 32.1. The standard InChI is InChI=1S/C17H21N3OS/c1-12-18-6-4-15(19-12)16-9-13-5-7-20(11-17(13)21-16)10-14-3-2-8-22-14/h2-4,6,8,13,16-17H,5,7,9-11H2,1H3/t13-,16+,17+/m1/s1. The van der Waals surface area contributed by atoms with Crippen molar-refractivity contribution >= 4 is 11.3 Å². The predicted molar refractivity (Wildman–Crippen MR) is 86.7 cm³/mol. The molecule has 0 unspecified atom stereocenters. The molecule has 0 bridgehead atoms. The Hall–Kier alpha value is -1.30. The second kappa shape index (κ2) is 6.07. The third-order valence-corrected chi connectivity index (χ3v) is 5.58. The molecule has 4 rings (SSSR count). The number of aryl methyl sites for hydroxylation is 1. The van der Waals surface area contributed by atoms with Crippen molar-refractivity contribution in [3.05, 3.63) is 46.2 Å². The normalized spacial score (nSPS) is 28.7. The van der Waals surface area contributed by atoms with Gasteiger partial charge in [0.05, 0.1) is 11.8 Å². The van der Waals surface area contributed by atoms with E-state index in [0.29, 0.717) is 12.0 Å². The molecule has 2 aromatic rings. The van der Waals surface area contributed by atoms with Crippen LogP contribution in [0.25, 0.3) is 0 Å². The smallest absolute Gasteiger partial charge is 0.125 e.